The highest BCUT2D eigenvalue weighted by Gasteiger charge is 2.32. The number of anilines is 1. The number of carbonyl (C=O) groups is 1. The average molecular weight is 418 g/mol. The van der Waals surface area contributed by atoms with Gasteiger partial charge in [0.2, 0.25) is 0 Å². The molecule has 3 N–H and O–H groups in total. The van der Waals surface area contributed by atoms with E-state index in [0.717, 1.165) is 5.56 Å². The summed E-state index contributed by atoms with van der Waals surface area (Å²) >= 11 is 11.3. The summed E-state index contributed by atoms with van der Waals surface area (Å²) in [5, 5.41) is 10.0. The van der Waals surface area contributed by atoms with E-state index < -0.39 is 6.04 Å². The van der Waals surface area contributed by atoms with Crippen LogP contribution in [0.25, 0.3) is 0 Å². The van der Waals surface area contributed by atoms with Gasteiger partial charge in [0.15, 0.2) is 5.11 Å². The lowest BCUT2D eigenvalue weighted by molar-refractivity contribution is -0.113. The van der Waals surface area contributed by atoms with Crippen LogP contribution in [0.3, 0.4) is 0 Å². The molecular weight excluding hydrogens is 398 g/mol. The Morgan fingerprint density at radius 2 is 1.96 bits per heavy atom. The lowest BCUT2D eigenvalue weighted by atomic mass is 9.94. The van der Waals surface area contributed by atoms with Crippen molar-refractivity contribution in [1.29, 1.82) is 0 Å². The third-order valence-electron chi connectivity index (χ3n) is 4.34. The van der Waals surface area contributed by atoms with E-state index in [1.807, 2.05) is 6.07 Å². The summed E-state index contributed by atoms with van der Waals surface area (Å²) in [7, 11) is 3.16. The normalized spacial score (nSPS) is 16.1. The Balaban J connectivity index is 2.03. The lowest BCUT2D eigenvalue weighted by Gasteiger charge is -2.31. The molecule has 1 aliphatic heterocycles. The van der Waals surface area contributed by atoms with Crippen LogP contribution in [0, 0.1) is 0 Å². The summed E-state index contributed by atoms with van der Waals surface area (Å²) in [5.74, 6) is 0.982. The molecule has 0 bridgehead atoms. The Kier molecular flexibility index (Phi) is 6.06. The molecule has 0 aliphatic carbocycles. The number of hydrogen-bond acceptors (Lipinski definition) is 4. The van der Waals surface area contributed by atoms with Gasteiger partial charge in [0.1, 0.15) is 11.5 Å². The number of hydrogen-bond donors (Lipinski definition) is 3. The molecule has 3 rings (SSSR count). The molecule has 146 valence electrons. The minimum absolute atomic E-state index is 0.280. The molecule has 1 amide bonds. The minimum atomic E-state index is -0.516. The number of thiocarbonyl (C=S) groups is 1. The first-order valence-corrected chi connectivity index (χ1v) is 9.28. The van der Waals surface area contributed by atoms with Crippen molar-refractivity contribution in [2.45, 2.75) is 13.0 Å². The van der Waals surface area contributed by atoms with Gasteiger partial charge in [-0.05, 0) is 55.5 Å². The minimum Gasteiger partial charge on any atom is -0.497 e. The summed E-state index contributed by atoms with van der Waals surface area (Å²) in [6.07, 6.45) is 0. The average Bonchev–Trinajstić information content (AvgIpc) is 2.66. The molecule has 0 radical (unpaired) electrons. The van der Waals surface area contributed by atoms with Crippen LogP contribution >= 0.6 is 23.8 Å². The molecule has 0 saturated heterocycles. The standard InChI is InChI=1S/C20H20ClN3O3S/c1-11-17(19(25)23-13-6-4-5-12(21)9-13)18(24-20(28)22-11)15-10-14(26-2)7-8-16(15)27-3/h4-10,18H,1-3H3,(H,23,25)(H2,22,24,28)/t18-/m1/s1. The summed E-state index contributed by atoms with van der Waals surface area (Å²) in [6, 6.07) is 11.9. The van der Waals surface area contributed by atoms with Crippen LogP contribution < -0.4 is 25.4 Å². The molecule has 0 unspecified atom stereocenters. The number of ether oxygens (including phenoxy) is 2. The van der Waals surface area contributed by atoms with Crippen LogP contribution in [0.2, 0.25) is 5.02 Å². The Hall–Kier alpha value is -2.77. The van der Waals surface area contributed by atoms with E-state index in [1.165, 1.54) is 0 Å². The van der Waals surface area contributed by atoms with E-state index in [0.29, 0.717) is 38.6 Å². The van der Waals surface area contributed by atoms with Crippen molar-refractivity contribution in [1.82, 2.24) is 10.6 Å². The predicted octanol–water partition coefficient (Wildman–Crippen LogP) is 3.79. The van der Waals surface area contributed by atoms with E-state index >= 15 is 0 Å². The van der Waals surface area contributed by atoms with Gasteiger partial charge in [0, 0.05) is 22.0 Å². The number of methoxy groups -OCH3 is 2. The molecule has 8 heteroatoms. The predicted molar refractivity (Wildman–Crippen MR) is 114 cm³/mol. The van der Waals surface area contributed by atoms with Crippen molar-refractivity contribution >= 4 is 40.5 Å². The Morgan fingerprint density at radius 1 is 1.18 bits per heavy atom. The van der Waals surface area contributed by atoms with Gasteiger partial charge in [-0.1, -0.05) is 17.7 Å². The molecular formula is C20H20ClN3O3S. The number of amides is 1. The number of nitrogens with one attached hydrogen (secondary N) is 3. The van der Waals surface area contributed by atoms with Gasteiger partial charge in [0.25, 0.3) is 5.91 Å². The summed E-state index contributed by atoms with van der Waals surface area (Å²) < 4.78 is 10.8. The van der Waals surface area contributed by atoms with Crippen molar-refractivity contribution in [3.05, 3.63) is 64.3 Å². The van der Waals surface area contributed by atoms with Crippen LogP contribution in [-0.4, -0.2) is 25.2 Å². The lowest BCUT2D eigenvalue weighted by Crippen LogP contribution is -2.45. The maximum Gasteiger partial charge on any atom is 0.255 e. The number of allylic oxidation sites excluding steroid dienone is 1. The van der Waals surface area contributed by atoms with Crippen LogP contribution in [0.5, 0.6) is 11.5 Å². The first kappa shape index (κ1) is 20.0. The molecule has 1 atom stereocenters. The molecule has 2 aromatic rings. The van der Waals surface area contributed by atoms with Gasteiger partial charge >= 0.3 is 0 Å². The molecule has 0 aromatic heterocycles. The number of benzene rings is 2. The van der Waals surface area contributed by atoms with Gasteiger partial charge in [0.05, 0.1) is 25.8 Å². The van der Waals surface area contributed by atoms with E-state index in [2.05, 4.69) is 16.0 Å². The van der Waals surface area contributed by atoms with Gasteiger partial charge in [-0.3, -0.25) is 4.79 Å². The fourth-order valence-corrected chi connectivity index (χ4v) is 3.52. The maximum atomic E-state index is 13.1. The molecule has 28 heavy (non-hydrogen) atoms. The summed E-state index contributed by atoms with van der Waals surface area (Å²) in [4.78, 5) is 13.1. The van der Waals surface area contributed by atoms with Gasteiger partial charge in [-0.2, -0.15) is 0 Å². The van der Waals surface area contributed by atoms with Crippen molar-refractivity contribution in [3.63, 3.8) is 0 Å². The Morgan fingerprint density at radius 3 is 2.64 bits per heavy atom. The van der Waals surface area contributed by atoms with E-state index in [4.69, 9.17) is 33.3 Å². The van der Waals surface area contributed by atoms with Crippen LogP contribution in [-0.2, 0) is 4.79 Å². The highest BCUT2D eigenvalue weighted by molar-refractivity contribution is 7.80. The van der Waals surface area contributed by atoms with Gasteiger partial charge in [-0.25, -0.2) is 0 Å². The molecule has 6 nitrogen and oxygen atoms in total. The van der Waals surface area contributed by atoms with Crippen LogP contribution in [0.1, 0.15) is 18.5 Å². The molecule has 2 aromatic carbocycles. The van der Waals surface area contributed by atoms with E-state index in [-0.39, 0.29) is 5.91 Å². The van der Waals surface area contributed by atoms with Gasteiger partial charge < -0.3 is 25.4 Å². The molecule has 1 aliphatic rings. The third-order valence-corrected chi connectivity index (χ3v) is 4.80. The highest BCUT2D eigenvalue weighted by atomic mass is 35.5. The van der Waals surface area contributed by atoms with Crippen molar-refractivity contribution in [2.24, 2.45) is 0 Å². The molecule has 0 fully saturated rings. The number of carbonyl (C=O) groups excluding carboxylic acids is 1. The van der Waals surface area contributed by atoms with E-state index in [1.54, 1.807) is 57.5 Å². The quantitative estimate of drug-likeness (QED) is 0.643. The largest absolute Gasteiger partial charge is 0.497 e. The number of rotatable bonds is 5. The van der Waals surface area contributed by atoms with Crippen molar-refractivity contribution in [2.75, 3.05) is 19.5 Å². The van der Waals surface area contributed by atoms with Crippen molar-refractivity contribution in [3.8, 4) is 11.5 Å². The first-order valence-electron chi connectivity index (χ1n) is 8.50. The molecule has 0 spiro atoms. The molecule has 1 heterocycles. The SMILES string of the molecule is COc1ccc(OC)c([C@H]2NC(=S)NC(C)=C2C(=O)Nc2cccc(Cl)c2)c1. The second kappa shape index (κ2) is 8.50. The zero-order valence-corrected chi connectivity index (χ0v) is 17.2. The highest BCUT2D eigenvalue weighted by Crippen LogP contribution is 2.36. The zero-order chi connectivity index (χ0) is 20.3. The maximum absolute atomic E-state index is 13.1. The fourth-order valence-electron chi connectivity index (χ4n) is 3.06. The second-order valence-corrected chi connectivity index (χ2v) is 6.99. The van der Waals surface area contributed by atoms with Crippen molar-refractivity contribution < 1.29 is 14.3 Å². The summed E-state index contributed by atoms with van der Waals surface area (Å²) in [5.41, 5.74) is 2.47. The van der Waals surface area contributed by atoms with Gasteiger partial charge in [-0.15, -0.1) is 0 Å². The number of halogens is 1. The second-order valence-electron chi connectivity index (χ2n) is 6.14. The smallest absolute Gasteiger partial charge is 0.255 e. The first-order chi connectivity index (χ1) is 13.4. The Bertz CT molecular complexity index is 961. The zero-order valence-electron chi connectivity index (χ0n) is 15.6. The summed E-state index contributed by atoms with van der Waals surface area (Å²) in [6.45, 7) is 1.81. The Labute approximate surface area is 173 Å². The third kappa shape index (κ3) is 4.21. The fraction of sp³-hybridized carbons (Fsp3) is 0.200. The molecule has 0 saturated carbocycles. The van der Waals surface area contributed by atoms with Crippen LogP contribution in [0.4, 0.5) is 5.69 Å². The monoisotopic (exact) mass is 417 g/mol. The van der Waals surface area contributed by atoms with Crippen LogP contribution in [0.15, 0.2) is 53.7 Å². The van der Waals surface area contributed by atoms with E-state index in [9.17, 15) is 4.79 Å². The topological polar surface area (TPSA) is 71.6 Å².